The highest BCUT2D eigenvalue weighted by Gasteiger charge is 2.44. The lowest BCUT2D eigenvalue weighted by atomic mass is 9.99. The predicted octanol–water partition coefficient (Wildman–Crippen LogP) is 15.9. The fraction of sp³-hybridized carbons (Fsp3) is 0.984. The van der Waals surface area contributed by atoms with Gasteiger partial charge in [-0.05, 0) is 12.8 Å². The van der Waals surface area contributed by atoms with Gasteiger partial charge in [-0.15, -0.1) is 0 Å². The molecule has 74 heavy (non-hydrogen) atoms. The zero-order valence-corrected chi connectivity index (χ0v) is 49.0. The molecule has 8 unspecified atom stereocenters. The zero-order valence-electron chi connectivity index (χ0n) is 49.0. The van der Waals surface area contributed by atoms with E-state index in [9.17, 15) is 35.4 Å². The van der Waals surface area contributed by atoms with Gasteiger partial charge in [0.1, 0.15) is 30.5 Å². The molecule has 0 radical (unpaired) electrons. The van der Waals surface area contributed by atoms with Crippen molar-refractivity contribution in [2.45, 2.75) is 390 Å². The highest BCUT2D eigenvalue weighted by atomic mass is 16.7. The molecule has 7 N–H and O–H groups in total. The van der Waals surface area contributed by atoms with Crippen LogP contribution in [0, 0.1) is 0 Å². The maximum atomic E-state index is 13.2. The molecular formula is C64H127NO9. The summed E-state index contributed by atoms with van der Waals surface area (Å²) in [6, 6.07) is -0.889. The van der Waals surface area contributed by atoms with Crippen LogP contribution in [0.15, 0.2) is 0 Å². The van der Waals surface area contributed by atoms with E-state index in [2.05, 4.69) is 19.2 Å². The Hall–Kier alpha value is -0.850. The standard InChI is InChI=1S/C64H127NO9/c1-3-5-7-9-11-13-15-17-18-19-20-21-22-23-24-25-26-27-28-29-30-31-32-33-34-35-36-37-38-39-41-43-45-47-49-51-53-58(68)63(72)65-56(55-73-64-62(71)61(70)60(69)59(54-66)74-64)57(67)52-50-48-46-44-42-40-16-14-12-10-8-6-4-2/h56-62,64,66-71H,3-55H2,1-2H3,(H,65,72). The summed E-state index contributed by atoms with van der Waals surface area (Å²) in [4.78, 5) is 13.2. The molecule has 8 atom stereocenters. The van der Waals surface area contributed by atoms with Crippen molar-refractivity contribution in [2.24, 2.45) is 0 Å². The van der Waals surface area contributed by atoms with Crippen molar-refractivity contribution in [2.75, 3.05) is 13.2 Å². The molecule has 0 spiro atoms. The smallest absolute Gasteiger partial charge is 0.249 e. The molecule has 0 aromatic rings. The Morgan fingerprint density at radius 2 is 0.676 bits per heavy atom. The third-order valence-electron chi connectivity index (χ3n) is 16.3. The number of aliphatic hydroxyl groups is 6. The zero-order chi connectivity index (χ0) is 53.8. The van der Waals surface area contributed by atoms with E-state index in [1.807, 2.05) is 0 Å². The van der Waals surface area contributed by atoms with E-state index < -0.39 is 61.5 Å². The molecule has 0 bridgehead atoms. The van der Waals surface area contributed by atoms with Gasteiger partial charge < -0.3 is 45.4 Å². The van der Waals surface area contributed by atoms with Crippen LogP contribution in [0.5, 0.6) is 0 Å². The maximum Gasteiger partial charge on any atom is 0.249 e. The Morgan fingerprint density at radius 3 is 0.959 bits per heavy atom. The average Bonchev–Trinajstić information content (AvgIpc) is 3.40. The first-order valence-electron chi connectivity index (χ1n) is 32.8. The molecule has 1 amide bonds. The Bertz CT molecular complexity index is 1150. The van der Waals surface area contributed by atoms with Gasteiger partial charge in [-0.1, -0.05) is 328 Å². The Balaban J connectivity index is 2.05. The van der Waals surface area contributed by atoms with Gasteiger partial charge >= 0.3 is 0 Å². The molecule has 442 valence electrons. The predicted molar refractivity (Wildman–Crippen MR) is 310 cm³/mol. The van der Waals surface area contributed by atoms with Gasteiger partial charge in [0.2, 0.25) is 5.91 Å². The summed E-state index contributed by atoms with van der Waals surface area (Å²) in [5.74, 6) is -0.576. The molecule has 1 rings (SSSR count). The third kappa shape index (κ3) is 42.1. The molecule has 10 nitrogen and oxygen atoms in total. The highest BCUT2D eigenvalue weighted by molar-refractivity contribution is 5.80. The van der Waals surface area contributed by atoms with E-state index in [1.165, 1.54) is 270 Å². The molecule has 1 aliphatic heterocycles. The van der Waals surface area contributed by atoms with Crippen molar-refractivity contribution in [3.8, 4) is 0 Å². The number of aliphatic hydroxyl groups excluding tert-OH is 6. The summed E-state index contributed by atoms with van der Waals surface area (Å²) in [5, 5.41) is 65.2. The second kappa shape index (κ2) is 54.1. The van der Waals surface area contributed by atoms with Crippen LogP contribution in [-0.4, -0.2) is 98.7 Å². The largest absolute Gasteiger partial charge is 0.394 e. The van der Waals surface area contributed by atoms with Crippen molar-refractivity contribution < 1.29 is 44.9 Å². The van der Waals surface area contributed by atoms with Gasteiger partial charge in [-0.2, -0.15) is 0 Å². The van der Waals surface area contributed by atoms with Crippen molar-refractivity contribution in [1.82, 2.24) is 5.32 Å². The number of ether oxygens (including phenoxy) is 2. The minimum Gasteiger partial charge on any atom is -0.394 e. The Morgan fingerprint density at radius 1 is 0.405 bits per heavy atom. The van der Waals surface area contributed by atoms with Crippen LogP contribution in [0.3, 0.4) is 0 Å². The molecule has 1 saturated heterocycles. The first-order valence-corrected chi connectivity index (χ1v) is 32.8. The second-order valence-electron chi connectivity index (χ2n) is 23.4. The quantitative estimate of drug-likeness (QED) is 0.0293. The molecule has 10 heteroatoms. The minimum atomic E-state index is -1.59. The van der Waals surface area contributed by atoms with Crippen molar-refractivity contribution >= 4 is 5.91 Å². The van der Waals surface area contributed by atoms with Gasteiger partial charge in [0, 0.05) is 0 Å². The van der Waals surface area contributed by atoms with E-state index >= 15 is 0 Å². The SMILES string of the molecule is CCCCCCCCCCCCCCCCCCCCCCCCCCCCCCCCCCCCCCC(O)C(=O)NC(COC1OC(CO)C(O)C(O)C1O)C(O)CCCCCCCCCCCCCCC. The summed E-state index contributed by atoms with van der Waals surface area (Å²) in [6.07, 6.45) is 56.5. The fourth-order valence-corrected chi connectivity index (χ4v) is 11.1. The van der Waals surface area contributed by atoms with E-state index in [1.54, 1.807) is 0 Å². The lowest BCUT2D eigenvalue weighted by Crippen LogP contribution is -2.60. The van der Waals surface area contributed by atoms with Gasteiger partial charge in [-0.3, -0.25) is 4.79 Å². The van der Waals surface area contributed by atoms with Crippen LogP contribution in [0.1, 0.15) is 341 Å². The third-order valence-corrected chi connectivity index (χ3v) is 16.3. The monoisotopic (exact) mass is 1050 g/mol. The fourth-order valence-electron chi connectivity index (χ4n) is 11.1. The van der Waals surface area contributed by atoms with Crippen molar-refractivity contribution in [1.29, 1.82) is 0 Å². The minimum absolute atomic E-state index is 0.250. The molecule has 1 heterocycles. The lowest BCUT2D eigenvalue weighted by molar-refractivity contribution is -0.302. The maximum absolute atomic E-state index is 13.2. The number of rotatable bonds is 58. The number of hydrogen-bond acceptors (Lipinski definition) is 9. The molecule has 0 aromatic heterocycles. The summed E-state index contributed by atoms with van der Waals surface area (Å²) >= 11 is 0. The molecule has 0 aliphatic carbocycles. The lowest BCUT2D eigenvalue weighted by Gasteiger charge is -2.40. The van der Waals surface area contributed by atoms with E-state index in [-0.39, 0.29) is 6.61 Å². The normalized spacial score (nSPS) is 19.3. The van der Waals surface area contributed by atoms with Gasteiger partial charge in [-0.25, -0.2) is 0 Å². The summed E-state index contributed by atoms with van der Waals surface area (Å²) in [7, 11) is 0. The summed E-state index contributed by atoms with van der Waals surface area (Å²) in [6.45, 7) is 3.71. The number of amides is 1. The Labute approximate surface area is 457 Å². The van der Waals surface area contributed by atoms with Crippen molar-refractivity contribution in [3.63, 3.8) is 0 Å². The molecule has 0 saturated carbocycles. The van der Waals surface area contributed by atoms with Crippen LogP contribution in [0.4, 0.5) is 0 Å². The van der Waals surface area contributed by atoms with Crippen LogP contribution in [0.25, 0.3) is 0 Å². The van der Waals surface area contributed by atoms with Gasteiger partial charge in [0.15, 0.2) is 6.29 Å². The number of carbonyl (C=O) groups is 1. The molecular weight excluding hydrogens is 927 g/mol. The van der Waals surface area contributed by atoms with Crippen LogP contribution in [0.2, 0.25) is 0 Å². The summed E-state index contributed by atoms with van der Waals surface area (Å²) in [5.41, 5.74) is 0. The number of hydrogen-bond donors (Lipinski definition) is 7. The van der Waals surface area contributed by atoms with Crippen molar-refractivity contribution in [3.05, 3.63) is 0 Å². The van der Waals surface area contributed by atoms with Gasteiger partial charge in [0.25, 0.3) is 0 Å². The molecule has 1 fully saturated rings. The van der Waals surface area contributed by atoms with E-state index in [4.69, 9.17) is 9.47 Å². The highest BCUT2D eigenvalue weighted by Crippen LogP contribution is 2.24. The van der Waals surface area contributed by atoms with Crippen LogP contribution < -0.4 is 5.32 Å². The first kappa shape index (κ1) is 71.2. The number of nitrogens with one attached hydrogen (secondary N) is 1. The molecule has 0 aromatic carbocycles. The van der Waals surface area contributed by atoms with Gasteiger partial charge in [0.05, 0.1) is 25.4 Å². The molecule has 1 aliphatic rings. The van der Waals surface area contributed by atoms with E-state index in [0.717, 1.165) is 44.9 Å². The van der Waals surface area contributed by atoms with Crippen LogP contribution in [-0.2, 0) is 14.3 Å². The number of unbranched alkanes of at least 4 members (excludes halogenated alkanes) is 47. The van der Waals surface area contributed by atoms with Crippen LogP contribution >= 0.6 is 0 Å². The number of carbonyl (C=O) groups excluding carboxylic acids is 1. The van der Waals surface area contributed by atoms with E-state index in [0.29, 0.717) is 12.8 Å². The average molecular weight is 1050 g/mol. The topological polar surface area (TPSA) is 169 Å². The second-order valence-corrected chi connectivity index (χ2v) is 23.4. The first-order chi connectivity index (χ1) is 36.3. The summed E-state index contributed by atoms with van der Waals surface area (Å²) < 4.78 is 11.2. The Kier molecular flexibility index (Phi) is 52.0.